The number of ether oxygens (including phenoxy) is 2. The fraction of sp³-hybridized carbons (Fsp3) is 0.478. The maximum atomic E-state index is 7.25. The summed E-state index contributed by atoms with van der Waals surface area (Å²) in [6.07, 6.45) is -0.0398. The molecule has 2 fully saturated rings. The minimum atomic E-state index is -2.54. The predicted octanol–water partition coefficient (Wildman–Crippen LogP) is 3.57. The molecule has 0 spiro atoms. The molecule has 2 saturated heterocycles. The zero-order valence-corrected chi connectivity index (χ0v) is 17.7. The number of benzene rings is 2. The van der Waals surface area contributed by atoms with Gasteiger partial charge < -0.3 is 13.9 Å². The molecule has 2 aromatic rings. The molecule has 4 atom stereocenters. The van der Waals surface area contributed by atoms with Gasteiger partial charge in [0.25, 0.3) is 8.32 Å². The molecule has 2 aromatic carbocycles. The van der Waals surface area contributed by atoms with E-state index in [1.165, 1.54) is 10.4 Å². The molecular weight excluding hydrogens is 352 g/mol. The van der Waals surface area contributed by atoms with Crippen LogP contribution in [0.4, 0.5) is 0 Å². The monoisotopic (exact) mass is 382 g/mol. The van der Waals surface area contributed by atoms with Crippen molar-refractivity contribution in [2.75, 3.05) is 13.2 Å². The lowest BCUT2D eigenvalue weighted by atomic mass is 9.93. The van der Waals surface area contributed by atoms with Crippen LogP contribution in [-0.4, -0.2) is 33.9 Å². The van der Waals surface area contributed by atoms with Crippen molar-refractivity contribution in [1.29, 1.82) is 0 Å². The highest BCUT2D eigenvalue weighted by atomic mass is 28.4. The first-order valence-electron chi connectivity index (χ1n) is 9.95. The van der Waals surface area contributed by atoms with Gasteiger partial charge in [-0.25, -0.2) is 0 Å². The number of rotatable bonds is 4. The third-order valence-corrected chi connectivity index (χ3v) is 11.2. The molecule has 0 amide bonds. The van der Waals surface area contributed by atoms with E-state index in [1.807, 2.05) is 0 Å². The molecule has 4 heteroatoms. The van der Waals surface area contributed by atoms with Crippen LogP contribution < -0.4 is 10.4 Å². The zero-order valence-electron chi connectivity index (χ0n) is 16.7. The van der Waals surface area contributed by atoms with Crippen LogP contribution in [0.25, 0.3) is 0 Å². The maximum Gasteiger partial charge on any atom is 0.261 e. The molecular formula is C23H30O3Si. The molecule has 2 unspecified atom stereocenters. The van der Waals surface area contributed by atoms with E-state index in [4.69, 9.17) is 13.9 Å². The molecule has 0 radical (unpaired) electrons. The Bertz CT molecular complexity index is 717. The molecule has 4 rings (SSSR count). The Hall–Kier alpha value is -1.46. The Balaban J connectivity index is 1.83. The van der Waals surface area contributed by atoms with Gasteiger partial charge in [0, 0.05) is 5.92 Å². The summed E-state index contributed by atoms with van der Waals surface area (Å²) in [5, 5.41) is 2.62. The molecule has 144 valence electrons. The second-order valence-corrected chi connectivity index (χ2v) is 13.2. The maximum absolute atomic E-state index is 7.25. The van der Waals surface area contributed by atoms with Crippen LogP contribution in [0.2, 0.25) is 5.04 Å². The lowest BCUT2D eigenvalue weighted by molar-refractivity contribution is -0.0908. The van der Waals surface area contributed by atoms with E-state index in [1.54, 1.807) is 0 Å². The topological polar surface area (TPSA) is 27.7 Å². The van der Waals surface area contributed by atoms with E-state index in [2.05, 4.69) is 88.4 Å². The summed E-state index contributed by atoms with van der Waals surface area (Å²) >= 11 is 0. The molecule has 2 heterocycles. The summed E-state index contributed by atoms with van der Waals surface area (Å²) in [7, 11) is -2.54. The van der Waals surface area contributed by atoms with Gasteiger partial charge in [0.2, 0.25) is 0 Å². The molecule has 0 aromatic heterocycles. The van der Waals surface area contributed by atoms with Gasteiger partial charge >= 0.3 is 0 Å². The van der Waals surface area contributed by atoms with Gasteiger partial charge in [-0.2, -0.15) is 0 Å². The Labute approximate surface area is 163 Å². The fourth-order valence-electron chi connectivity index (χ4n) is 4.77. The Kier molecular flexibility index (Phi) is 5.01. The molecule has 27 heavy (non-hydrogen) atoms. The lowest BCUT2D eigenvalue weighted by Gasteiger charge is -2.45. The third kappa shape index (κ3) is 3.19. The van der Waals surface area contributed by atoms with E-state index in [0.717, 1.165) is 6.61 Å². The summed E-state index contributed by atoms with van der Waals surface area (Å²) in [4.78, 5) is 0. The van der Waals surface area contributed by atoms with Crippen molar-refractivity contribution in [3.8, 4) is 0 Å². The Morgan fingerprint density at radius 1 is 0.852 bits per heavy atom. The van der Waals surface area contributed by atoms with Crippen molar-refractivity contribution in [3.05, 3.63) is 60.7 Å². The van der Waals surface area contributed by atoms with E-state index in [-0.39, 0.29) is 17.4 Å². The molecule has 0 N–H and O–H groups in total. The molecule has 3 nitrogen and oxygen atoms in total. The highest BCUT2D eigenvalue weighted by Crippen LogP contribution is 2.43. The third-order valence-electron chi connectivity index (χ3n) is 6.09. The number of hydrogen-bond donors (Lipinski definition) is 0. The fourth-order valence-corrected chi connectivity index (χ4v) is 9.46. The summed E-state index contributed by atoms with van der Waals surface area (Å²) < 4.78 is 19.1. The largest absolute Gasteiger partial charge is 0.402 e. The van der Waals surface area contributed by atoms with Crippen molar-refractivity contribution < 1.29 is 13.9 Å². The lowest BCUT2D eigenvalue weighted by Crippen LogP contribution is -2.68. The van der Waals surface area contributed by atoms with Crippen LogP contribution >= 0.6 is 0 Å². The molecule has 0 aliphatic carbocycles. The van der Waals surface area contributed by atoms with E-state index in [9.17, 15) is 0 Å². The van der Waals surface area contributed by atoms with E-state index in [0.29, 0.717) is 18.4 Å². The predicted molar refractivity (Wildman–Crippen MR) is 111 cm³/mol. The first-order chi connectivity index (χ1) is 12.9. The first-order valence-corrected chi connectivity index (χ1v) is 11.9. The zero-order chi connectivity index (χ0) is 19.1. The molecule has 0 bridgehead atoms. The van der Waals surface area contributed by atoms with Crippen molar-refractivity contribution in [3.63, 3.8) is 0 Å². The van der Waals surface area contributed by atoms with E-state index < -0.39 is 8.32 Å². The number of hydrogen-bond acceptors (Lipinski definition) is 3. The van der Waals surface area contributed by atoms with Crippen LogP contribution in [0.3, 0.4) is 0 Å². The van der Waals surface area contributed by atoms with Crippen LogP contribution in [0.15, 0.2) is 60.7 Å². The van der Waals surface area contributed by atoms with Crippen molar-refractivity contribution in [2.24, 2.45) is 11.8 Å². The quantitative estimate of drug-likeness (QED) is 0.757. The smallest absolute Gasteiger partial charge is 0.261 e. The second kappa shape index (κ2) is 7.17. The summed E-state index contributed by atoms with van der Waals surface area (Å²) in [5.74, 6) is 0.771. The van der Waals surface area contributed by atoms with Crippen LogP contribution in [0, 0.1) is 11.8 Å². The second-order valence-electron chi connectivity index (χ2n) is 8.91. The summed E-state index contributed by atoms with van der Waals surface area (Å²) in [6.45, 7) is 10.6. The van der Waals surface area contributed by atoms with Gasteiger partial charge in [-0.3, -0.25) is 0 Å². The van der Waals surface area contributed by atoms with Gasteiger partial charge in [-0.1, -0.05) is 88.4 Å². The van der Waals surface area contributed by atoms with Crippen LogP contribution in [0.1, 0.15) is 27.7 Å². The van der Waals surface area contributed by atoms with Crippen molar-refractivity contribution >= 4 is 18.7 Å². The van der Waals surface area contributed by atoms with Crippen LogP contribution in [-0.2, 0) is 13.9 Å². The Morgan fingerprint density at radius 2 is 1.37 bits per heavy atom. The average molecular weight is 383 g/mol. The van der Waals surface area contributed by atoms with Gasteiger partial charge in [-0.15, -0.1) is 0 Å². The Morgan fingerprint density at radius 3 is 1.89 bits per heavy atom. The van der Waals surface area contributed by atoms with Gasteiger partial charge in [0.05, 0.1) is 19.3 Å². The minimum absolute atomic E-state index is 0.0174. The highest BCUT2D eigenvalue weighted by molar-refractivity contribution is 6.99. The summed E-state index contributed by atoms with van der Waals surface area (Å²) in [5.41, 5.74) is 0. The first kappa shape index (κ1) is 18.9. The highest BCUT2D eigenvalue weighted by Gasteiger charge is 2.55. The van der Waals surface area contributed by atoms with E-state index >= 15 is 0 Å². The average Bonchev–Trinajstić information content (AvgIpc) is 3.23. The summed E-state index contributed by atoms with van der Waals surface area (Å²) in [6, 6.07) is 21.6. The molecule has 0 saturated carbocycles. The number of fused-ring (bicyclic) bond motifs is 1. The molecule has 2 aliphatic heterocycles. The van der Waals surface area contributed by atoms with Gasteiger partial charge in [0.1, 0.15) is 0 Å². The normalized spacial score (nSPS) is 28.3. The van der Waals surface area contributed by atoms with Gasteiger partial charge in [-0.05, 0) is 21.3 Å². The van der Waals surface area contributed by atoms with Gasteiger partial charge in [0.15, 0.2) is 6.29 Å². The van der Waals surface area contributed by atoms with Crippen molar-refractivity contribution in [2.45, 2.75) is 45.1 Å². The minimum Gasteiger partial charge on any atom is -0.402 e. The van der Waals surface area contributed by atoms with Crippen LogP contribution in [0.5, 0.6) is 0 Å². The SMILES string of the molecule is C[C@H]1COC2OC[C@H](O[Si](c3ccccc3)(c3ccccc3)C(C)(C)C)C21. The molecule has 2 aliphatic rings. The standard InChI is InChI=1S/C23H30O3Si/c1-17-15-24-22-21(17)20(16-25-22)26-27(23(2,3)4,18-11-7-5-8-12-18)19-13-9-6-10-14-19/h5-14,17,20-22H,15-16H2,1-4H3/t17-,20-,21?,22?/m0/s1. The van der Waals surface area contributed by atoms with Crippen molar-refractivity contribution in [1.82, 2.24) is 0 Å².